The molecule has 0 saturated heterocycles. The monoisotopic (exact) mass is 394 g/mol. The van der Waals surface area contributed by atoms with E-state index in [0.29, 0.717) is 5.75 Å². The summed E-state index contributed by atoms with van der Waals surface area (Å²) in [5.74, 6) is 0.0437. The molecule has 0 aliphatic heterocycles. The minimum absolute atomic E-state index is 0.00967. The van der Waals surface area contributed by atoms with Gasteiger partial charge >= 0.3 is 6.18 Å². The molecule has 0 saturated carbocycles. The molecule has 2 amide bonds. The Labute approximate surface area is 161 Å². The Kier molecular flexibility index (Phi) is 7.03. The average molecular weight is 394 g/mol. The van der Waals surface area contributed by atoms with Gasteiger partial charge in [-0.25, -0.2) is 0 Å². The molecule has 2 aromatic carbocycles. The molecule has 0 aliphatic rings. The Morgan fingerprint density at radius 2 is 1.71 bits per heavy atom. The molecule has 0 aromatic heterocycles. The predicted molar refractivity (Wildman–Crippen MR) is 98.8 cm³/mol. The van der Waals surface area contributed by atoms with Crippen molar-refractivity contribution in [1.82, 2.24) is 4.90 Å². The highest BCUT2D eigenvalue weighted by Gasteiger charge is 2.30. The third kappa shape index (κ3) is 6.00. The fourth-order valence-corrected chi connectivity index (χ4v) is 2.59. The van der Waals surface area contributed by atoms with Crippen LogP contribution < -0.4 is 10.1 Å². The number of hydrogen-bond acceptors (Lipinski definition) is 3. The van der Waals surface area contributed by atoms with Crippen LogP contribution in [-0.2, 0) is 22.3 Å². The van der Waals surface area contributed by atoms with Crippen LogP contribution in [0, 0.1) is 0 Å². The molecule has 0 spiro atoms. The summed E-state index contributed by atoms with van der Waals surface area (Å²) in [6.45, 7) is 1.86. The number of halogens is 3. The van der Waals surface area contributed by atoms with Gasteiger partial charge in [0.1, 0.15) is 5.75 Å². The fourth-order valence-electron chi connectivity index (χ4n) is 2.59. The number of anilines is 1. The number of ether oxygens (including phenoxy) is 1. The van der Waals surface area contributed by atoms with E-state index in [1.54, 1.807) is 6.07 Å². The molecule has 2 aromatic rings. The normalized spacial score (nSPS) is 11.0. The van der Waals surface area contributed by atoms with Gasteiger partial charge in [0.15, 0.2) is 0 Å². The van der Waals surface area contributed by atoms with Crippen molar-refractivity contribution in [2.75, 3.05) is 19.0 Å². The lowest BCUT2D eigenvalue weighted by Crippen LogP contribution is -2.31. The maximum Gasteiger partial charge on any atom is 0.416 e. The highest BCUT2D eigenvalue weighted by molar-refractivity contribution is 5.91. The van der Waals surface area contributed by atoms with E-state index in [2.05, 4.69) is 5.32 Å². The van der Waals surface area contributed by atoms with Crippen LogP contribution >= 0.6 is 0 Å². The van der Waals surface area contributed by atoms with Crippen molar-refractivity contribution in [2.24, 2.45) is 0 Å². The lowest BCUT2D eigenvalue weighted by molar-refractivity contribution is -0.137. The van der Waals surface area contributed by atoms with E-state index in [9.17, 15) is 22.8 Å². The zero-order valence-electron chi connectivity index (χ0n) is 15.5. The van der Waals surface area contributed by atoms with Crippen LogP contribution in [0.2, 0.25) is 0 Å². The maximum absolute atomic E-state index is 12.6. The average Bonchev–Trinajstić information content (AvgIpc) is 2.64. The van der Waals surface area contributed by atoms with Crippen molar-refractivity contribution < 1.29 is 27.5 Å². The van der Waals surface area contributed by atoms with E-state index in [0.717, 1.165) is 17.7 Å². The van der Waals surface area contributed by atoms with E-state index in [4.69, 9.17) is 4.74 Å². The van der Waals surface area contributed by atoms with Gasteiger partial charge in [0.2, 0.25) is 11.8 Å². The van der Waals surface area contributed by atoms with Crippen LogP contribution in [0.15, 0.2) is 48.5 Å². The van der Waals surface area contributed by atoms with Crippen LogP contribution in [0.4, 0.5) is 18.9 Å². The number of rotatable bonds is 7. The number of benzene rings is 2. The summed E-state index contributed by atoms with van der Waals surface area (Å²) in [5, 5.41) is 2.53. The number of alkyl halides is 3. The van der Waals surface area contributed by atoms with Gasteiger partial charge in [0.25, 0.3) is 0 Å². The number of amides is 2. The van der Waals surface area contributed by atoms with E-state index in [-0.39, 0.29) is 31.1 Å². The van der Waals surface area contributed by atoms with Crippen molar-refractivity contribution >= 4 is 17.5 Å². The summed E-state index contributed by atoms with van der Waals surface area (Å²) >= 11 is 0. The Bertz CT molecular complexity index is 820. The van der Waals surface area contributed by atoms with Crippen molar-refractivity contribution in [2.45, 2.75) is 26.1 Å². The van der Waals surface area contributed by atoms with E-state index in [1.807, 2.05) is 18.2 Å². The second kappa shape index (κ2) is 9.25. The first kappa shape index (κ1) is 21.3. The number of carbonyl (C=O) groups excluding carboxylic acids is 2. The van der Waals surface area contributed by atoms with Crippen LogP contribution in [-0.4, -0.2) is 30.4 Å². The van der Waals surface area contributed by atoms with Gasteiger partial charge in [-0.3, -0.25) is 9.59 Å². The van der Waals surface area contributed by atoms with Gasteiger partial charge in [-0.05, 0) is 30.3 Å². The van der Waals surface area contributed by atoms with Crippen LogP contribution in [0.5, 0.6) is 5.75 Å². The first-order valence-electron chi connectivity index (χ1n) is 8.55. The van der Waals surface area contributed by atoms with Crippen LogP contribution in [0.25, 0.3) is 0 Å². The number of nitrogens with one attached hydrogen (secondary N) is 1. The number of methoxy groups -OCH3 is 1. The lowest BCUT2D eigenvalue weighted by atomic mass is 10.1. The minimum Gasteiger partial charge on any atom is -0.496 e. The van der Waals surface area contributed by atoms with E-state index < -0.39 is 17.6 Å². The summed E-state index contributed by atoms with van der Waals surface area (Å²) in [6, 6.07) is 11.4. The third-order valence-electron chi connectivity index (χ3n) is 4.10. The Morgan fingerprint density at radius 1 is 1.07 bits per heavy atom. The van der Waals surface area contributed by atoms with E-state index in [1.165, 1.54) is 31.1 Å². The second-order valence-electron chi connectivity index (χ2n) is 6.13. The molecule has 2 rings (SSSR count). The molecule has 5 nitrogen and oxygen atoms in total. The van der Waals surface area contributed by atoms with Gasteiger partial charge in [0.05, 0.1) is 12.7 Å². The van der Waals surface area contributed by atoms with Crippen molar-refractivity contribution in [3.63, 3.8) is 0 Å². The molecular formula is C20H21F3N2O3. The number of nitrogens with zero attached hydrogens (tertiary/aromatic N) is 1. The minimum atomic E-state index is -4.43. The quantitative estimate of drug-likeness (QED) is 0.770. The van der Waals surface area contributed by atoms with Crippen molar-refractivity contribution in [3.8, 4) is 5.75 Å². The smallest absolute Gasteiger partial charge is 0.416 e. The topological polar surface area (TPSA) is 58.6 Å². The highest BCUT2D eigenvalue weighted by Crippen LogP contribution is 2.29. The fraction of sp³-hybridized carbons (Fsp3) is 0.300. The second-order valence-corrected chi connectivity index (χ2v) is 6.13. The van der Waals surface area contributed by atoms with Gasteiger partial charge in [-0.1, -0.05) is 18.2 Å². The summed E-state index contributed by atoms with van der Waals surface area (Å²) in [6.07, 6.45) is -4.42. The molecule has 1 N–H and O–H groups in total. The Morgan fingerprint density at radius 3 is 2.29 bits per heavy atom. The molecule has 0 fully saturated rings. The summed E-state index contributed by atoms with van der Waals surface area (Å²) < 4.78 is 43.0. The first-order chi connectivity index (χ1) is 13.2. The zero-order chi connectivity index (χ0) is 20.7. The first-order valence-corrected chi connectivity index (χ1v) is 8.55. The third-order valence-corrected chi connectivity index (χ3v) is 4.10. The molecular weight excluding hydrogens is 373 g/mol. The van der Waals surface area contributed by atoms with Crippen molar-refractivity contribution in [3.05, 3.63) is 59.7 Å². The molecule has 150 valence electrons. The van der Waals surface area contributed by atoms with E-state index >= 15 is 0 Å². The molecule has 0 bridgehead atoms. The van der Waals surface area contributed by atoms with Crippen molar-refractivity contribution in [1.29, 1.82) is 0 Å². The highest BCUT2D eigenvalue weighted by atomic mass is 19.4. The summed E-state index contributed by atoms with van der Waals surface area (Å²) in [5.41, 5.74) is 0.283. The van der Waals surface area contributed by atoms with Gasteiger partial charge in [0, 0.05) is 37.7 Å². The molecule has 28 heavy (non-hydrogen) atoms. The van der Waals surface area contributed by atoms with Gasteiger partial charge in [-0.15, -0.1) is 0 Å². The standard InChI is InChI=1S/C20H21F3N2O3/c1-14(26)25(13-15-5-3-4-6-18(15)28-2)12-11-19(27)24-17-9-7-16(8-10-17)20(21,22)23/h3-10H,11-13H2,1-2H3,(H,24,27). The predicted octanol–water partition coefficient (Wildman–Crippen LogP) is 4.09. The lowest BCUT2D eigenvalue weighted by Gasteiger charge is -2.22. The summed E-state index contributed by atoms with van der Waals surface area (Å²) in [7, 11) is 1.54. The Balaban J connectivity index is 1.94. The zero-order valence-corrected chi connectivity index (χ0v) is 15.5. The largest absolute Gasteiger partial charge is 0.496 e. The SMILES string of the molecule is COc1ccccc1CN(CCC(=O)Nc1ccc(C(F)(F)F)cc1)C(C)=O. The summed E-state index contributed by atoms with van der Waals surface area (Å²) in [4.78, 5) is 25.5. The number of hydrogen-bond donors (Lipinski definition) is 1. The molecule has 0 radical (unpaired) electrons. The molecule has 8 heteroatoms. The molecule has 0 aliphatic carbocycles. The maximum atomic E-state index is 12.6. The molecule has 0 unspecified atom stereocenters. The molecule has 0 atom stereocenters. The van der Waals surface area contributed by atoms with Gasteiger partial charge < -0.3 is 15.0 Å². The number of carbonyl (C=O) groups is 2. The Hall–Kier alpha value is -3.03. The number of para-hydroxylation sites is 1. The molecule has 0 heterocycles. The van der Waals surface area contributed by atoms with Crippen LogP contribution in [0.3, 0.4) is 0 Å². The van der Waals surface area contributed by atoms with Gasteiger partial charge in [-0.2, -0.15) is 13.2 Å². The van der Waals surface area contributed by atoms with Crippen LogP contribution in [0.1, 0.15) is 24.5 Å².